The summed E-state index contributed by atoms with van der Waals surface area (Å²) in [6.07, 6.45) is 1.78. The Bertz CT molecular complexity index is 896. The van der Waals surface area contributed by atoms with Gasteiger partial charge in [-0.1, -0.05) is 53.8 Å². The molecule has 0 unspecified atom stereocenters. The molecule has 0 bridgehead atoms. The number of amides is 1. The highest BCUT2D eigenvalue weighted by Gasteiger charge is 2.33. The summed E-state index contributed by atoms with van der Waals surface area (Å²) in [5.74, 6) is 0.0267. The van der Waals surface area contributed by atoms with E-state index in [1.54, 1.807) is 49.4 Å². The van der Waals surface area contributed by atoms with Crippen molar-refractivity contribution >= 4 is 51.9 Å². The van der Waals surface area contributed by atoms with Crippen LogP contribution in [0.5, 0.6) is 5.75 Å². The Balaban J connectivity index is 1.69. The SMILES string of the molecule is CN(C)N1C(=O)/C(=C\c2ccc(OCc3c(F)cccc3Cl)cc2)SC1=S. The zero-order chi connectivity index (χ0) is 19.6. The van der Waals surface area contributed by atoms with Crippen molar-refractivity contribution in [2.24, 2.45) is 0 Å². The number of nitrogens with zero attached hydrogens (tertiary/aromatic N) is 2. The minimum Gasteiger partial charge on any atom is -0.489 e. The summed E-state index contributed by atoms with van der Waals surface area (Å²) in [6, 6.07) is 11.7. The van der Waals surface area contributed by atoms with Gasteiger partial charge in [-0.3, -0.25) is 4.79 Å². The summed E-state index contributed by atoms with van der Waals surface area (Å²) in [6.45, 7) is 0.0341. The second kappa shape index (κ2) is 8.39. The maximum absolute atomic E-state index is 13.8. The highest BCUT2D eigenvalue weighted by atomic mass is 35.5. The Morgan fingerprint density at radius 2 is 1.96 bits per heavy atom. The number of benzene rings is 2. The molecule has 0 atom stereocenters. The second-order valence-electron chi connectivity index (χ2n) is 5.90. The van der Waals surface area contributed by atoms with Gasteiger partial charge in [-0.25, -0.2) is 14.4 Å². The normalized spacial score (nSPS) is 15.9. The summed E-state index contributed by atoms with van der Waals surface area (Å²) in [5.41, 5.74) is 1.15. The molecule has 1 saturated heterocycles. The Kier molecular flexibility index (Phi) is 6.16. The van der Waals surface area contributed by atoms with Crippen LogP contribution in [0.25, 0.3) is 6.08 Å². The molecule has 4 nitrogen and oxygen atoms in total. The van der Waals surface area contributed by atoms with Crippen LogP contribution in [0.4, 0.5) is 4.39 Å². The Hall–Kier alpha value is -1.93. The number of hydrazine groups is 1. The molecule has 140 valence electrons. The first-order chi connectivity index (χ1) is 12.9. The highest BCUT2D eigenvalue weighted by Crippen LogP contribution is 2.33. The molecule has 8 heteroatoms. The lowest BCUT2D eigenvalue weighted by molar-refractivity contribution is -0.130. The maximum atomic E-state index is 13.8. The van der Waals surface area contributed by atoms with Crippen molar-refractivity contribution in [3.8, 4) is 5.75 Å². The van der Waals surface area contributed by atoms with Crippen molar-refractivity contribution in [1.29, 1.82) is 0 Å². The van der Waals surface area contributed by atoms with Crippen LogP contribution in [-0.4, -0.2) is 34.3 Å². The van der Waals surface area contributed by atoms with Crippen molar-refractivity contribution in [2.45, 2.75) is 6.61 Å². The number of ether oxygens (including phenoxy) is 1. The molecular formula is C19H16ClFN2O2S2. The van der Waals surface area contributed by atoms with E-state index in [-0.39, 0.29) is 12.5 Å². The average Bonchev–Trinajstić information content (AvgIpc) is 2.89. The van der Waals surface area contributed by atoms with Gasteiger partial charge in [0.15, 0.2) is 4.32 Å². The van der Waals surface area contributed by atoms with Crippen LogP contribution in [-0.2, 0) is 11.4 Å². The van der Waals surface area contributed by atoms with E-state index in [2.05, 4.69) is 0 Å². The van der Waals surface area contributed by atoms with Gasteiger partial charge in [0.25, 0.3) is 5.91 Å². The fourth-order valence-corrected chi connectivity index (χ4v) is 4.06. The molecule has 0 radical (unpaired) electrons. The van der Waals surface area contributed by atoms with Gasteiger partial charge in [-0.2, -0.15) is 0 Å². The summed E-state index contributed by atoms with van der Waals surface area (Å²) in [4.78, 5) is 12.9. The van der Waals surface area contributed by atoms with E-state index in [0.29, 0.717) is 25.6 Å². The summed E-state index contributed by atoms with van der Waals surface area (Å²) < 4.78 is 19.9. The first kappa shape index (κ1) is 19.8. The van der Waals surface area contributed by atoms with Crippen molar-refractivity contribution in [1.82, 2.24) is 10.0 Å². The molecule has 0 aromatic heterocycles. The van der Waals surface area contributed by atoms with Gasteiger partial charge in [0, 0.05) is 19.7 Å². The number of carbonyl (C=O) groups excluding carboxylic acids is 1. The molecule has 1 heterocycles. The quantitative estimate of drug-likeness (QED) is 0.513. The van der Waals surface area contributed by atoms with Crippen LogP contribution in [0.1, 0.15) is 11.1 Å². The Labute approximate surface area is 171 Å². The lowest BCUT2D eigenvalue weighted by Gasteiger charge is -2.21. The average molecular weight is 423 g/mol. The van der Waals surface area contributed by atoms with Crippen LogP contribution in [0, 0.1) is 5.82 Å². The number of hydrogen-bond donors (Lipinski definition) is 0. The fraction of sp³-hybridized carbons (Fsp3) is 0.158. The fourth-order valence-electron chi connectivity index (χ4n) is 2.44. The first-order valence-corrected chi connectivity index (χ1v) is 9.58. The smallest absolute Gasteiger partial charge is 0.280 e. The van der Waals surface area contributed by atoms with Crippen molar-refractivity contribution in [2.75, 3.05) is 14.1 Å². The third-order valence-electron chi connectivity index (χ3n) is 3.80. The van der Waals surface area contributed by atoms with Crippen LogP contribution < -0.4 is 4.74 Å². The van der Waals surface area contributed by atoms with Gasteiger partial charge in [0.1, 0.15) is 18.2 Å². The van der Waals surface area contributed by atoms with Crippen LogP contribution in [0.3, 0.4) is 0 Å². The highest BCUT2D eigenvalue weighted by molar-refractivity contribution is 8.26. The van der Waals surface area contributed by atoms with Crippen molar-refractivity contribution in [3.05, 3.63) is 69.3 Å². The Morgan fingerprint density at radius 3 is 2.56 bits per heavy atom. The van der Waals surface area contributed by atoms with Gasteiger partial charge in [-0.05, 0) is 35.9 Å². The minimum atomic E-state index is -0.401. The van der Waals surface area contributed by atoms with E-state index in [1.165, 1.54) is 22.8 Å². The third kappa shape index (κ3) is 4.50. The van der Waals surface area contributed by atoms with E-state index < -0.39 is 5.82 Å². The number of rotatable bonds is 5. The van der Waals surface area contributed by atoms with E-state index in [9.17, 15) is 9.18 Å². The van der Waals surface area contributed by atoms with Crippen LogP contribution in [0.2, 0.25) is 5.02 Å². The maximum Gasteiger partial charge on any atom is 0.280 e. The molecule has 2 aromatic carbocycles. The van der Waals surface area contributed by atoms with E-state index in [1.807, 2.05) is 12.1 Å². The minimum absolute atomic E-state index is 0.0341. The molecule has 0 N–H and O–H groups in total. The zero-order valence-corrected chi connectivity index (χ0v) is 17.0. The van der Waals surface area contributed by atoms with Crippen molar-refractivity contribution in [3.63, 3.8) is 0 Å². The van der Waals surface area contributed by atoms with E-state index in [0.717, 1.165) is 5.56 Å². The molecule has 0 saturated carbocycles. The molecule has 0 aliphatic carbocycles. The van der Waals surface area contributed by atoms with Crippen molar-refractivity contribution < 1.29 is 13.9 Å². The van der Waals surface area contributed by atoms with Gasteiger partial charge in [0.05, 0.1) is 9.93 Å². The summed E-state index contributed by atoms with van der Waals surface area (Å²) in [7, 11) is 3.53. The largest absolute Gasteiger partial charge is 0.489 e. The second-order valence-corrected chi connectivity index (χ2v) is 7.98. The molecule has 1 aliphatic heterocycles. The molecule has 0 spiro atoms. The molecule has 1 fully saturated rings. The molecule has 1 aliphatic rings. The standard InChI is InChI=1S/C19H16ClFN2O2S2/c1-22(2)23-18(24)17(27-19(23)26)10-12-6-8-13(9-7-12)25-11-14-15(20)4-3-5-16(14)21/h3-10H,11H2,1-2H3/b17-10+. The van der Waals surface area contributed by atoms with Gasteiger partial charge in [0.2, 0.25) is 0 Å². The van der Waals surface area contributed by atoms with E-state index in [4.69, 9.17) is 28.6 Å². The Morgan fingerprint density at radius 1 is 1.26 bits per heavy atom. The molecule has 2 aromatic rings. The topological polar surface area (TPSA) is 32.8 Å². The number of carbonyl (C=O) groups is 1. The predicted molar refractivity (Wildman–Crippen MR) is 111 cm³/mol. The van der Waals surface area contributed by atoms with Crippen LogP contribution in [0.15, 0.2) is 47.4 Å². The van der Waals surface area contributed by atoms with Gasteiger partial charge < -0.3 is 4.74 Å². The third-order valence-corrected chi connectivity index (χ3v) is 5.43. The monoisotopic (exact) mass is 422 g/mol. The number of thioether (sulfide) groups is 1. The summed E-state index contributed by atoms with van der Waals surface area (Å²) >= 11 is 12.5. The molecule has 3 rings (SSSR count). The number of halogens is 2. The molecule has 27 heavy (non-hydrogen) atoms. The lowest BCUT2D eigenvalue weighted by Crippen LogP contribution is -2.39. The summed E-state index contributed by atoms with van der Waals surface area (Å²) in [5, 5.41) is 3.43. The molecular weight excluding hydrogens is 407 g/mol. The van der Waals surface area contributed by atoms with E-state index >= 15 is 0 Å². The van der Waals surface area contributed by atoms with Crippen LogP contribution >= 0.6 is 35.6 Å². The van der Waals surface area contributed by atoms with Gasteiger partial charge in [-0.15, -0.1) is 0 Å². The number of thiocarbonyl (C=S) groups is 1. The lowest BCUT2D eigenvalue weighted by atomic mass is 10.2. The van der Waals surface area contributed by atoms with Gasteiger partial charge >= 0.3 is 0 Å². The number of hydrogen-bond acceptors (Lipinski definition) is 5. The molecule has 1 amide bonds. The zero-order valence-electron chi connectivity index (χ0n) is 14.6. The predicted octanol–water partition coefficient (Wildman–Crippen LogP) is 4.74. The first-order valence-electron chi connectivity index (χ1n) is 7.98.